The Morgan fingerprint density at radius 2 is 1.95 bits per heavy atom. The highest BCUT2D eigenvalue weighted by Gasteiger charge is 2.35. The lowest BCUT2D eigenvalue weighted by molar-refractivity contribution is -0.127. The molecule has 0 aromatic carbocycles. The zero-order chi connectivity index (χ0) is 27.9. The van der Waals surface area contributed by atoms with Gasteiger partial charge in [0.25, 0.3) is 0 Å². The van der Waals surface area contributed by atoms with Crippen LogP contribution in [-0.4, -0.2) is 68.1 Å². The lowest BCUT2D eigenvalue weighted by Crippen LogP contribution is -2.41. The van der Waals surface area contributed by atoms with E-state index in [1.807, 2.05) is 39.0 Å². The molecule has 1 rings (SSSR count). The van der Waals surface area contributed by atoms with Crippen LogP contribution in [0.1, 0.15) is 43.6 Å². The minimum Gasteiger partial charge on any atom is -0.476 e. The maximum atomic E-state index is 10.9. The van der Waals surface area contributed by atoms with Gasteiger partial charge in [-0.15, -0.1) is 0 Å². The Labute approximate surface area is 222 Å². The van der Waals surface area contributed by atoms with E-state index in [1.54, 1.807) is 18.2 Å². The Morgan fingerprint density at radius 3 is 2.54 bits per heavy atom. The van der Waals surface area contributed by atoms with Gasteiger partial charge in [-0.25, -0.2) is 9.78 Å². The number of carboxylic acid groups (broad SMARTS) is 1. The number of nitrogens with zero attached hydrogens (tertiary/aromatic N) is 1. The van der Waals surface area contributed by atoms with E-state index >= 15 is 0 Å². The number of aliphatic hydroxyl groups excluding tert-OH is 1. The Kier molecular flexibility index (Phi) is 14.4. The molecular weight excluding hydrogens is 490 g/mol. The first-order chi connectivity index (χ1) is 17.4. The third-order valence-electron chi connectivity index (χ3n) is 5.77. The molecule has 2 N–H and O–H groups in total. The van der Waals surface area contributed by atoms with Crippen LogP contribution in [0.15, 0.2) is 47.1 Å². The number of carbonyl (C=O) groups is 1. The molecule has 0 fully saturated rings. The summed E-state index contributed by atoms with van der Waals surface area (Å²) >= 11 is 0. The van der Waals surface area contributed by atoms with Crippen LogP contribution < -0.4 is 0 Å². The number of hydrogen-bond donors (Lipinski definition) is 2. The van der Waals surface area contributed by atoms with Crippen LogP contribution in [0, 0.1) is 17.3 Å². The number of rotatable bonds is 16. The van der Waals surface area contributed by atoms with Gasteiger partial charge < -0.3 is 28.8 Å². The summed E-state index contributed by atoms with van der Waals surface area (Å²) in [7, 11) is 0.393. The number of aromatic nitrogens is 1. The van der Waals surface area contributed by atoms with Gasteiger partial charge in [-0.2, -0.15) is 0 Å². The van der Waals surface area contributed by atoms with Crippen LogP contribution in [0.2, 0.25) is 25.7 Å². The highest BCUT2D eigenvalue weighted by atomic mass is 28.3. The van der Waals surface area contributed by atoms with Crippen LogP contribution in [0.3, 0.4) is 0 Å². The fourth-order valence-corrected chi connectivity index (χ4v) is 3.91. The van der Waals surface area contributed by atoms with Gasteiger partial charge in [0.05, 0.1) is 24.7 Å². The molecule has 0 spiro atoms. The van der Waals surface area contributed by atoms with Crippen molar-refractivity contribution in [1.29, 1.82) is 0 Å². The van der Waals surface area contributed by atoms with Gasteiger partial charge in [-0.05, 0) is 37.6 Å². The predicted octanol–water partition coefficient (Wildman–Crippen LogP) is 5.10. The van der Waals surface area contributed by atoms with Crippen LogP contribution in [0.25, 0.3) is 0 Å². The first kappa shape index (κ1) is 32.5. The third-order valence-corrected chi connectivity index (χ3v) is 7.48. The molecule has 0 bridgehead atoms. The molecule has 3 atom stereocenters. The van der Waals surface area contributed by atoms with Crippen LogP contribution >= 0.6 is 0 Å². The molecule has 0 radical (unpaired) electrons. The van der Waals surface area contributed by atoms with E-state index in [0.29, 0.717) is 13.0 Å². The Balaban J connectivity index is 2.55. The van der Waals surface area contributed by atoms with Gasteiger partial charge in [-0.3, -0.25) is 0 Å². The average Bonchev–Trinajstić information content (AvgIpc) is 3.29. The summed E-state index contributed by atoms with van der Waals surface area (Å²) < 4.78 is 22.1. The molecule has 0 unspecified atom stereocenters. The molecule has 8 nitrogen and oxygen atoms in total. The minimum absolute atomic E-state index is 0.140. The second-order valence-corrected chi connectivity index (χ2v) is 16.1. The predicted molar refractivity (Wildman–Crippen MR) is 147 cm³/mol. The molecule has 0 saturated carbocycles. The van der Waals surface area contributed by atoms with Gasteiger partial charge >= 0.3 is 5.97 Å². The Morgan fingerprint density at radius 1 is 1.24 bits per heavy atom. The summed E-state index contributed by atoms with van der Waals surface area (Å²) in [6.45, 7) is 13.7. The number of aliphatic hydroxyl groups is 1. The number of carboxylic acids is 1. The summed E-state index contributed by atoms with van der Waals surface area (Å²) in [6, 6.07) is 1.08. The number of methoxy groups -OCH3 is 1. The van der Waals surface area contributed by atoms with Crippen molar-refractivity contribution >= 4 is 14.0 Å². The smallest absolute Gasteiger partial charge is 0.357 e. The summed E-state index contributed by atoms with van der Waals surface area (Å²) in [6.07, 6.45) is 11.3. The molecule has 37 heavy (non-hydrogen) atoms. The number of ether oxygens (including phenoxy) is 3. The van der Waals surface area contributed by atoms with E-state index in [9.17, 15) is 9.90 Å². The van der Waals surface area contributed by atoms with Crippen molar-refractivity contribution in [3.8, 4) is 11.8 Å². The molecule has 0 saturated heterocycles. The van der Waals surface area contributed by atoms with Gasteiger partial charge in [-0.1, -0.05) is 63.6 Å². The van der Waals surface area contributed by atoms with E-state index in [0.717, 1.165) is 12.3 Å². The van der Waals surface area contributed by atoms with E-state index < -0.39 is 25.6 Å². The fraction of sp³-hybridized carbons (Fsp3) is 0.571. The second kappa shape index (κ2) is 16.4. The van der Waals surface area contributed by atoms with Crippen molar-refractivity contribution in [2.45, 2.75) is 77.6 Å². The maximum Gasteiger partial charge on any atom is 0.357 e. The maximum absolute atomic E-state index is 10.9. The summed E-state index contributed by atoms with van der Waals surface area (Å²) in [5, 5.41) is 19.8. The molecule has 1 aromatic rings. The highest BCUT2D eigenvalue weighted by molar-refractivity contribution is 6.76. The van der Waals surface area contributed by atoms with E-state index in [2.05, 4.69) is 36.5 Å². The summed E-state index contributed by atoms with van der Waals surface area (Å²) in [5.74, 6) is 4.93. The SMILES string of the molecule is C/C=C/[C@H](OCOCC[Si](C)(C)C)C(C)(C)[C@@H](O)C/C=C\C#C/C=C/[C@@H](Cc1nc(C(=O)O)co1)OC. The largest absolute Gasteiger partial charge is 0.476 e. The molecule has 206 valence electrons. The molecule has 1 heterocycles. The van der Waals surface area contributed by atoms with Crippen LogP contribution in [0.4, 0.5) is 0 Å². The van der Waals surface area contributed by atoms with Gasteiger partial charge in [0, 0.05) is 27.2 Å². The lowest BCUT2D eigenvalue weighted by Gasteiger charge is -2.36. The first-order valence-electron chi connectivity index (χ1n) is 12.4. The topological polar surface area (TPSA) is 111 Å². The zero-order valence-electron chi connectivity index (χ0n) is 23.2. The van der Waals surface area contributed by atoms with Gasteiger partial charge in [0.1, 0.15) is 13.1 Å². The molecule has 9 heteroatoms. The number of allylic oxidation sites excluding steroid dienone is 3. The third kappa shape index (κ3) is 13.0. The fourth-order valence-electron chi connectivity index (χ4n) is 3.16. The summed E-state index contributed by atoms with van der Waals surface area (Å²) in [4.78, 5) is 14.8. The standard InChI is InChI=1S/C28H43NO7Si/c1-8-14-25(36-21-34-17-18-37(5,6)7)28(2,3)24(30)16-13-11-9-10-12-15-22(33-4)19-26-29-23(20-35-26)27(31)32/h8,11-15,20,22,24-25,30H,16-19,21H2,1-7H3,(H,31,32)/b13-11-,14-8+,15-12+/t22-,24-,25-/m0/s1. The van der Waals surface area contributed by atoms with Crippen molar-refractivity contribution in [2.24, 2.45) is 5.41 Å². The van der Waals surface area contributed by atoms with Gasteiger partial charge in [0.15, 0.2) is 11.6 Å². The Bertz CT molecular complexity index is 963. The van der Waals surface area contributed by atoms with Crippen molar-refractivity contribution in [3.05, 3.63) is 54.3 Å². The molecule has 0 aliphatic carbocycles. The number of aromatic carboxylic acids is 1. The first-order valence-corrected chi connectivity index (χ1v) is 16.1. The normalized spacial score (nSPS) is 15.2. The minimum atomic E-state index is -1.15. The Hall–Kier alpha value is -2.48. The zero-order valence-corrected chi connectivity index (χ0v) is 24.2. The number of oxazole rings is 1. The quantitative estimate of drug-likeness (QED) is 0.0993. The van der Waals surface area contributed by atoms with E-state index in [4.69, 9.17) is 23.7 Å². The molecule has 1 aromatic heterocycles. The number of hydrogen-bond acceptors (Lipinski definition) is 7. The monoisotopic (exact) mass is 533 g/mol. The second-order valence-electron chi connectivity index (χ2n) is 10.5. The summed E-state index contributed by atoms with van der Waals surface area (Å²) in [5.41, 5.74) is -0.670. The lowest BCUT2D eigenvalue weighted by atomic mass is 9.79. The van der Waals surface area contributed by atoms with Crippen molar-refractivity contribution < 1.29 is 33.6 Å². The van der Waals surface area contributed by atoms with Crippen LogP contribution in [0.5, 0.6) is 0 Å². The van der Waals surface area contributed by atoms with Crippen molar-refractivity contribution in [2.75, 3.05) is 20.5 Å². The molecular formula is C28H43NO7Si. The average molecular weight is 534 g/mol. The van der Waals surface area contributed by atoms with Crippen molar-refractivity contribution in [3.63, 3.8) is 0 Å². The van der Waals surface area contributed by atoms with Crippen molar-refractivity contribution in [1.82, 2.24) is 4.98 Å². The molecule has 0 aliphatic rings. The van der Waals surface area contributed by atoms with E-state index in [1.165, 1.54) is 7.11 Å². The molecule has 0 aliphatic heterocycles. The van der Waals surface area contributed by atoms with Gasteiger partial charge in [0.2, 0.25) is 0 Å². The molecule has 0 amide bonds. The van der Waals surface area contributed by atoms with Crippen LogP contribution in [-0.2, 0) is 20.6 Å². The highest BCUT2D eigenvalue weighted by Crippen LogP contribution is 2.31. The van der Waals surface area contributed by atoms with E-state index in [-0.39, 0.29) is 37.0 Å².